The number of hydrogen-bond acceptors (Lipinski definition) is 0. The molecule has 1 aromatic carbocycles. The second-order valence-corrected chi connectivity index (χ2v) is 3.87. The van der Waals surface area contributed by atoms with Gasteiger partial charge in [0.2, 0.25) is 0 Å². The standard InChI is InChI=1S/C9H8I/c10-9-4-2-1-3-8(9)7-5-6-7/h1-2,4,7H,5-6H2. The Morgan fingerprint density at radius 3 is 2.90 bits per heavy atom. The number of rotatable bonds is 1. The monoisotopic (exact) mass is 243 g/mol. The summed E-state index contributed by atoms with van der Waals surface area (Å²) in [4.78, 5) is 0. The fourth-order valence-electron chi connectivity index (χ4n) is 1.11. The highest BCUT2D eigenvalue weighted by molar-refractivity contribution is 14.1. The summed E-state index contributed by atoms with van der Waals surface area (Å²) in [7, 11) is 0. The minimum Gasteiger partial charge on any atom is -0.0606 e. The van der Waals surface area contributed by atoms with Gasteiger partial charge < -0.3 is 0 Å². The smallest absolute Gasteiger partial charge is 0.0171 e. The van der Waals surface area contributed by atoms with Gasteiger partial charge in [-0.2, -0.15) is 0 Å². The molecule has 1 aliphatic rings. The first-order valence-electron chi connectivity index (χ1n) is 3.54. The molecule has 0 atom stereocenters. The molecule has 0 heterocycles. The molecule has 10 heavy (non-hydrogen) atoms. The summed E-state index contributed by atoms with van der Waals surface area (Å²) in [5, 5.41) is 0. The fourth-order valence-corrected chi connectivity index (χ4v) is 1.92. The second kappa shape index (κ2) is 2.53. The number of benzene rings is 1. The summed E-state index contributed by atoms with van der Waals surface area (Å²) >= 11 is 2.38. The van der Waals surface area contributed by atoms with E-state index in [1.165, 1.54) is 22.0 Å². The molecule has 51 valence electrons. The van der Waals surface area contributed by atoms with Crippen molar-refractivity contribution in [2.45, 2.75) is 18.8 Å². The molecule has 1 saturated carbocycles. The van der Waals surface area contributed by atoms with E-state index in [2.05, 4.69) is 34.7 Å². The minimum absolute atomic E-state index is 0.841. The molecule has 0 unspecified atom stereocenters. The zero-order valence-electron chi connectivity index (χ0n) is 5.60. The predicted octanol–water partition coefficient (Wildman–Crippen LogP) is 2.97. The average molecular weight is 243 g/mol. The van der Waals surface area contributed by atoms with E-state index in [1.54, 1.807) is 0 Å². The highest BCUT2D eigenvalue weighted by Crippen LogP contribution is 2.41. The Labute approximate surface area is 74.8 Å². The topological polar surface area (TPSA) is 0 Å². The van der Waals surface area contributed by atoms with Gasteiger partial charge in [0, 0.05) is 3.57 Å². The van der Waals surface area contributed by atoms with Crippen molar-refractivity contribution in [1.29, 1.82) is 0 Å². The molecule has 1 aromatic rings. The third kappa shape index (κ3) is 1.19. The predicted molar refractivity (Wildman–Crippen MR) is 50.0 cm³/mol. The maximum absolute atomic E-state index is 3.29. The summed E-state index contributed by atoms with van der Waals surface area (Å²) < 4.78 is 1.38. The Morgan fingerprint density at radius 2 is 2.30 bits per heavy atom. The van der Waals surface area contributed by atoms with Gasteiger partial charge >= 0.3 is 0 Å². The van der Waals surface area contributed by atoms with E-state index in [4.69, 9.17) is 0 Å². The zero-order valence-corrected chi connectivity index (χ0v) is 7.76. The van der Waals surface area contributed by atoms with Crippen molar-refractivity contribution in [2.75, 3.05) is 0 Å². The first-order chi connectivity index (χ1) is 4.88. The maximum atomic E-state index is 3.29. The van der Waals surface area contributed by atoms with Crippen LogP contribution in [-0.4, -0.2) is 0 Å². The summed E-state index contributed by atoms with van der Waals surface area (Å²) in [5.41, 5.74) is 1.43. The van der Waals surface area contributed by atoms with Crippen LogP contribution >= 0.6 is 22.6 Å². The summed E-state index contributed by atoms with van der Waals surface area (Å²) in [6, 6.07) is 9.51. The van der Waals surface area contributed by atoms with Gasteiger partial charge in [-0.3, -0.25) is 0 Å². The van der Waals surface area contributed by atoms with Crippen LogP contribution in [0.3, 0.4) is 0 Å². The lowest BCUT2D eigenvalue weighted by atomic mass is 10.1. The Morgan fingerprint density at radius 1 is 1.50 bits per heavy atom. The van der Waals surface area contributed by atoms with Gasteiger partial charge in [0.1, 0.15) is 0 Å². The molecular weight excluding hydrogens is 235 g/mol. The third-order valence-electron chi connectivity index (χ3n) is 1.82. The highest BCUT2D eigenvalue weighted by Gasteiger charge is 2.24. The Kier molecular flexibility index (Phi) is 1.68. The first-order valence-corrected chi connectivity index (χ1v) is 4.62. The van der Waals surface area contributed by atoms with Crippen molar-refractivity contribution in [2.24, 2.45) is 0 Å². The maximum Gasteiger partial charge on any atom is 0.0171 e. The van der Waals surface area contributed by atoms with Gasteiger partial charge in [0.05, 0.1) is 0 Å². The van der Waals surface area contributed by atoms with Gasteiger partial charge in [-0.1, -0.05) is 12.1 Å². The lowest BCUT2D eigenvalue weighted by Gasteiger charge is -1.98. The molecular formula is C9H8I. The summed E-state index contributed by atoms with van der Waals surface area (Å²) in [5.74, 6) is 0.841. The van der Waals surface area contributed by atoms with Crippen molar-refractivity contribution >= 4 is 22.6 Å². The van der Waals surface area contributed by atoms with Gasteiger partial charge in [-0.05, 0) is 59.0 Å². The molecule has 0 N–H and O–H groups in total. The van der Waals surface area contributed by atoms with Crippen LogP contribution < -0.4 is 0 Å². The van der Waals surface area contributed by atoms with Crippen LogP contribution in [0.2, 0.25) is 0 Å². The van der Waals surface area contributed by atoms with Crippen LogP contribution in [0.25, 0.3) is 0 Å². The summed E-state index contributed by atoms with van der Waals surface area (Å²) in [6.45, 7) is 0. The van der Waals surface area contributed by atoms with E-state index in [0.29, 0.717) is 0 Å². The molecule has 0 amide bonds. The molecule has 0 aliphatic heterocycles. The summed E-state index contributed by atoms with van der Waals surface area (Å²) in [6.07, 6.45) is 2.74. The molecule has 0 spiro atoms. The van der Waals surface area contributed by atoms with Crippen LogP contribution in [0.4, 0.5) is 0 Å². The third-order valence-corrected chi connectivity index (χ3v) is 2.76. The van der Waals surface area contributed by atoms with Crippen molar-refractivity contribution in [3.63, 3.8) is 0 Å². The Bertz CT molecular complexity index is 238. The molecule has 1 radical (unpaired) electrons. The molecule has 2 rings (SSSR count). The molecule has 0 saturated heterocycles. The van der Waals surface area contributed by atoms with Gasteiger partial charge in [0.25, 0.3) is 0 Å². The van der Waals surface area contributed by atoms with Crippen molar-refractivity contribution in [3.8, 4) is 0 Å². The molecule has 0 nitrogen and oxygen atoms in total. The highest BCUT2D eigenvalue weighted by atomic mass is 127. The Hall–Kier alpha value is -0.0500. The SMILES string of the molecule is Ic1ccc[c]c1C1CC1. The van der Waals surface area contributed by atoms with E-state index in [0.717, 1.165) is 5.92 Å². The quantitative estimate of drug-likeness (QED) is 0.665. The van der Waals surface area contributed by atoms with E-state index in [1.807, 2.05) is 12.1 Å². The van der Waals surface area contributed by atoms with Crippen LogP contribution in [0, 0.1) is 9.64 Å². The van der Waals surface area contributed by atoms with Crippen LogP contribution in [0.1, 0.15) is 24.3 Å². The first kappa shape index (κ1) is 6.65. The minimum atomic E-state index is 0.841. The number of hydrogen-bond donors (Lipinski definition) is 0. The second-order valence-electron chi connectivity index (χ2n) is 2.71. The van der Waals surface area contributed by atoms with Crippen molar-refractivity contribution < 1.29 is 0 Å². The van der Waals surface area contributed by atoms with Gasteiger partial charge in [-0.25, -0.2) is 0 Å². The van der Waals surface area contributed by atoms with Crippen LogP contribution in [0.15, 0.2) is 18.2 Å². The molecule has 1 heteroatoms. The van der Waals surface area contributed by atoms with Crippen LogP contribution in [0.5, 0.6) is 0 Å². The van der Waals surface area contributed by atoms with E-state index in [-0.39, 0.29) is 0 Å². The lowest BCUT2D eigenvalue weighted by molar-refractivity contribution is 1.11. The van der Waals surface area contributed by atoms with E-state index in [9.17, 15) is 0 Å². The molecule has 0 aromatic heterocycles. The van der Waals surface area contributed by atoms with E-state index < -0.39 is 0 Å². The van der Waals surface area contributed by atoms with Crippen molar-refractivity contribution in [3.05, 3.63) is 33.4 Å². The molecule has 1 aliphatic carbocycles. The zero-order chi connectivity index (χ0) is 6.97. The lowest BCUT2D eigenvalue weighted by Crippen LogP contribution is -1.82. The normalized spacial score (nSPS) is 17.3. The van der Waals surface area contributed by atoms with Crippen molar-refractivity contribution in [1.82, 2.24) is 0 Å². The van der Waals surface area contributed by atoms with Crippen LogP contribution in [-0.2, 0) is 0 Å². The van der Waals surface area contributed by atoms with Gasteiger partial charge in [0.15, 0.2) is 0 Å². The Balaban J connectivity index is 2.39. The van der Waals surface area contributed by atoms with E-state index >= 15 is 0 Å². The molecule has 0 bridgehead atoms. The fraction of sp³-hybridized carbons (Fsp3) is 0.333. The molecule has 1 fully saturated rings. The largest absolute Gasteiger partial charge is 0.0606 e. The number of halogens is 1. The average Bonchev–Trinajstić information content (AvgIpc) is 2.71. The van der Waals surface area contributed by atoms with Gasteiger partial charge in [-0.15, -0.1) is 0 Å².